The Bertz CT molecular complexity index is 1550. The lowest BCUT2D eigenvalue weighted by Crippen LogP contribution is -2.74. The van der Waals surface area contributed by atoms with E-state index in [4.69, 9.17) is 5.73 Å². The number of likely N-dealkylation sites (N-methyl/N-ethyl adjacent to an activating group) is 1. The molecule has 0 aromatic heterocycles. The van der Waals surface area contributed by atoms with Crippen molar-refractivity contribution in [2.45, 2.75) is 44.4 Å². The number of carbonyl (C=O) groups is 5. The summed E-state index contributed by atoms with van der Waals surface area (Å²) in [5.74, 6) is -10.6. The van der Waals surface area contributed by atoms with Crippen LogP contribution in [-0.4, -0.2) is 90.0 Å². The molecule has 11 nitrogen and oxygen atoms in total. The van der Waals surface area contributed by atoms with Crippen molar-refractivity contribution in [1.82, 2.24) is 4.90 Å². The largest absolute Gasteiger partial charge is 0.507 e. The van der Waals surface area contributed by atoms with E-state index in [-0.39, 0.29) is 30.2 Å². The first-order valence-electron chi connectivity index (χ1n) is 14.4. The summed E-state index contributed by atoms with van der Waals surface area (Å²) in [5, 5.41) is 26.7. The number of aromatic hydroxyl groups is 1. The Labute approximate surface area is 250 Å². The minimum Gasteiger partial charge on any atom is -0.507 e. The third kappa shape index (κ3) is 4.53. The normalized spacial score (nSPS) is 28.4. The van der Waals surface area contributed by atoms with Crippen molar-refractivity contribution in [2.24, 2.45) is 29.4 Å². The first kappa shape index (κ1) is 30.4. The average molecular weight is 591 g/mol. The number of carbonyl (C=O) groups excluding carboxylic acids is 5. The number of anilines is 2. The number of aliphatic hydroxyl groups is 1. The van der Waals surface area contributed by atoms with E-state index >= 15 is 0 Å². The topological polar surface area (TPSA) is 170 Å². The van der Waals surface area contributed by atoms with Crippen LogP contribution in [0.4, 0.5) is 11.4 Å². The Balaban J connectivity index is 1.64. The monoisotopic (exact) mass is 590 g/mol. The molecule has 0 heterocycles. The zero-order valence-electron chi connectivity index (χ0n) is 25.2. The third-order valence-electron chi connectivity index (χ3n) is 9.17. The van der Waals surface area contributed by atoms with Crippen LogP contribution >= 0.6 is 0 Å². The summed E-state index contributed by atoms with van der Waals surface area (Å²) in [6, 6.07) is 8.27. The summed E-state index contributed by atoms with van der Waals surface area (Å²) in [5.41, 5.74) is 5.78. The molecule has 43 heavy (non-hydrogen) atoms. The lowest BCUT2D eigenvalue weighted by Gasteiger charge is -2.52. The molecule has 6 atom stereocenters. The van der Waals surface area contributed by atoms with Crippen LogP contribution in [0.15, 0.2) is 30.3 Å². The van der Waals surface area contributed by atoms with Crippen LogP contribution in [0.5, 0.6) is 5.75 Å². The lowest BCUT2D eigenvalue weighted by molar-refractivity contribution is -0.181. The van der Waals surface area contributed by atoms with Crippen molar-refractivity contribution < 1.29 is 34.2 Å². The van der Waals surface area contributed by atoms with Gasteiger partial charge in [-0.05, 0) is 76.0 Å². The molecular weight excluding hydrogens is 552 g/mol. The fraction of sp³-hybridized carbons (Fsp3) is 0.469. The van der Waals surface area contributed by atoms with Gasteiger partial charge in [0.15, 0.2) is 34.7 Å². The number of nitrogens with one attached hydrogen (secondary N) is 1. The molecule has 228 valence electrons. The van der Waals surface area contributed by atoms with Crippen molar-refractivity contribution in [3.8, 4) is 16.9 Å². The summed E-state index contributed by atoms with van der Waals surface area (Å²) in [6.07, 6.45) is 0.202. The SMILES string of the molecule is CC(C)Nc1ccc(-c2cc(N(C)C)c3c(c2O)C(=O)C2C(=O)[C@]4(O)C(=O)C(C(N)=O)C(=O)[C@@H](N(C)C)[C@@H]4C[C@@H]2C3)cc1. The summed E-state index contributed by atoms with van der Waals surface area (Å²) in [6.45, 7) is 4.04. The molecule has 2 saturated carbocycles. The van der Waals surface area contributed by atoms with Gasteiger partial charge in [-0.25, -0.2) is 0 Å². The fourth-order valence-corrected chi connectivity index (χ4v) is 7.35. The molecule has 3 aliphatic rings. The number of hydrogen-bond acceptors (Lipinski definition) is 10. The van der Waals surface area contributed by atoms with Crippen LogP contribution in [0.1, 0.15) is 36.2 Å². The van der Waals surface area contributed by atoms with Crippen molar-refractivity contribution in [2.75, 3.05) is 38.4 Å². The molecular formula is C32H38N4O7. The van der Waals surface area contributed by atoms with E-state index in [2.05, 4.69) is 5.32 Å². The summed E-state index contributed by atoms with van der Waals surface area (Å²) < 4.78 is 0. The second-order valence-electron chi connectivity index (χ2n) is 12.7. The van der Waals surface area contributed by atoms with Gasteiger partial charge < -0.3 is 26.2 Å². The Kier molecular flexibility index (Phi) is 7.46. The number of phenolic OH excluding ortho intramolecular Hbond substituents is 1. The van der Waals surface area contributed by atoms with Crippen LogP contribution in [0.2, 0.25) is 0 Å². The number of Topliss-reactive ketones (excluding diaryl/α,β-unsaturated/α-hetero) is 4. The molecule has 0 bridgehead atoms. The highest BCUT2D eigenvalue weighted by Gasteiger charge is 2.69. The van der Waals surface area contributed by atoms with Gasteiger partial charge in [-0.1, -0.05) is 12.1 Å². The minimum absolute atomic E-state index is 0.00356. The predicted octanol–water partition coefficient (Wildman–Crippen LogP) is 1.42. The number of primary amides is 1. The van der Waals surface area contributed by atoms with Crippen LogP contribution in [0, 0.1) is 23.7 Å². The maximum Gasteiger partial charge on any atom is 0.235 e. The summed E-state index contributed by atoms with van der Waals surface area (Å²) in [4.78, 5) is 70.6. The molecule has 5 rings (SSSR count). The Morgan fingerprint density at radius 2 is 1.67 bits per heavy atom. The number of phenols is 1. The minimum atomic E-state index is -2.76. The molecule has 5 N–H and O–H groups in total. The van der Waals surface area contributed by atoms with Gasteiger partial charge >= 0.3 is 0 Å². The Morgan fingerprint density at radius 1 is 1.05 bits per heavy atom. The molecule has 2 aromatic rings. The van der Waals surface area contributed by atoms with Gasteiger partial charge in [0.25, 0.3) is 0 Å². The zero-order chi connectivity index (χ0) is 31.7. The molecule has 0 aliphatic heterocycles. The van der Waals surface area contributed by atoms with Crippen LogP contribution in [0.25, 0.3) is 11.1 Å². The van der Waals surface area contributed by atoms with Crippen molar-refractivity contribution >= 4 is 40.4 Å². The number of hydrogen-bond donors (Lipinski definition) is 4. The van der Waals surface area contributed by atoms with E-state index in [1.807, 2.05) is 57.1 Å². The number of benzene rings is 2. The Morgan fingerprint density at radius 3 is 2.21 bits per heavy atom. The molecule has 11 heteroatoms. The molecule has 1 amide bonds. The van der Waals surface area contributed by atoms with Gasteiger partial charge in [-0.2, -0.15) is 0 Å². The van der Waals surface area contributed by atoms with Crippen LogP contribution in [0.3, 0.4) is 0 Å². The van der Waals surface area contributed by atoms with E-state index in [1.165, 1.54) is 4.90 Å². The first-order valence-corrected chi connectivity index (χ1v) is 14.4. The van der Waals surface area contributed by atoms with E-state index in [0.717, 1.165) is 5.69 Å². The van der Waals surface area contributed by atoms with Crippen molar-refractivity contribution in [3.63, 3.8) is 0 Å². The highest BCUT2D eigenvalue weighted by atomic mass is 16.3. The smallest absolute Gasteiger partial charge is 0.235 e. The van der Waals surface area contributed by atoms with Gasteiger partial charge in [0, 0.05) is 43.0 Å². The lowest BCUT2D eigenvalue weighted by atomic mass is 9.52. The zero-order valence-corrected chi connectivity index (χ0v) is 25.2. The number of ketones is 4. The van der Waals surface area contributed by atoms with Crippen LogP contribution in [-0.2, 0) is 25.6 Å². The number of rotatable bonds is 6. The standard InChI is InChI=1S/C32H38N4O7/c1-14(2)34-17-9-7-15(8-10-17)18-13-21(35(3)4)19-11-16-12-20-25(36(5)6)28(39)24(31(33)42)30(41)32(20,43)29(40)22(16)27(38)23(19)26(18)37/h7-10,13-14,16,20,22,24-25,34,37,43H,11-12H2,1-6H3,(H2,33,42)/t16-,20-,22?,24?,25-,32-/m0/s1. The maximum absolute atomic E-state index is 14.2. The van der Waals surface area contributed by atoms with E-state index < -0.39 is 64.4 Å². The number of nitrogens with zero attached hydrogens (tertiary/aromatic N) is 2. The quantitative estimate of drug-likeness (QED) is 0.361. The summed E-state index contributed by atoms with van der Waals surface area (Å²) in [7, 11) is 6.75. The first-order chi connectivity index (χ1) is 20.1. The second kappa shape index (κ2) is 10.6. The summed E-state index contributed by atoms with van der Waals surface area (Å²) >= 11 is 0. The molecule has 2 aromatic carbocycles. The van der Waals surface area contributed by atoms with Gasteiger partial charge in [-0.15, -0.1) is 0 Å². The second-order valence-corrected chi connectivity index (χ2v) is 12.7. The molecule has 0 spiro atoms. The molecule has 0 radical (unpaired) electrons. The fourth-order valence-electron chi connectivity index (χ4n) is 7.35. The van der Waals surface area contributed by atoms with E-state index in [1.54, 1.807) is 20.2 Å². The highest BCUT2D eigenvalue weighted by Crippen LogP contribution is 2.53. The van der Waals surface area contributed by atoms with Crippen molar-refractivity contribution in [1.29, 1.82) is 0 Å². The molecule has 2 fully saturated rings. The average Bonchev–Trinajstić information content (AvgIpc) is 2.90. The van der Waals surface area contributed by atoms with Crippen molar-refractivity contribution in [3.05, 3.63) is 41.5 Å². The number of nitrogens with two attached hydrogens (primary N) is 1. The van der Waals surface area contributed by atoms with Gasteiger partial charge in [0.05, 0.1) is 17.5 Å². The molecule has 2 unspecified atom stereocenters. The molecule has 3 aliphatic carbocycles. The number of fused-ring (bicyclic) bond motifs is 3. The number of amides is 1. The van der Waals surface area contributed by atoms with Gasteiger partial charge in [0.1, 0.15) is 5.75 Å². The van der Waals surface area contributed by atoms with Gasteiger partial charge in [-0.3, -0.25) is 28.9 Å². The van der Waals surface area contributed by atoms with E-state index in [0.29, 0.717) is 22.4 Å². The predicted molar refractivity (Wildman–Crippen MR) is 160 cm³/mol. The Hall–Kier alpha value is -4.09. The molecule has 0 saturated heterocycles. The van der Waals surface area contributed by atoms with E-state index in [9.17, 15) is 34.2 Å². The third-order valence-corrected chi connectivity index (χ3v) is 9.17. The highest BCUT2D eigenvalue weighted by molar-refractivity contribution is 6.32. The maximum atomic E-state index is 14.2. The van der Waals surface area contributed by atoms with Crippen LogP contribution < -0.4 is 16.0 Å². The van der Waals surface area contributed by atoms with Gasteiger partial charge in [0.2, 0.25) is 5.91 Å².